The lowest BCUT2D eigenvalue weighted by Gasteiger charge is -2.17. The molecule has 0 bridgehead atoms. The van der Waals surface area contributed by atoms with Crippen molar-refractivity contribution in [3.05, 3.63) is 102 Å². The van der Waals surface area contributed by atoms with Crippen LogP contribution in [0.1, 0.15) is 23.1 Å². The summed E-state index contributed by atoms with van der Waals surface area (Å²) >= 11 is 0. The van der Waals surface area contributed by atoms with Crippen molar-refractivity contribution in [2.45, 2.75) is 43.2 Å². The van der Waals surface area contributed by atoms with Crippen LogP contribution in [0.2, 0.25) is 0 Å². The van der Waals surface area contributed by atoms with Crippen molar-refractivity contribution in [2.75, 3.05) is 0 Å². The molecular weight excluding hydrogens is 424 g/mol. The lowest BCUT2D eigenvalue weighted by molar-refractivity contribution is 0.0659. The number of hydrogen-bond donors (Lipinski definition) is 2. The summed E-state index contributed by atoms with van der Waals surface area (Å²) < 4.78 is 29.6. The summed E-state index contributed by atoms with van der Waals surface area (Å²) in [5, 5.41) is 4.21. The Morgan fingerprint density at radius 3 is 2.09 bits per heavy atom. The van der Waals surface area contributed by atoms with Crippen molar-refractivity contribution in [1.82, 2.24) is 0 Å². The van der Waals surface area contributed by atoms with E-state index in [4.69, 9.17) is 15.1 Å². The highest BCUT2D eigenvalue weighted by Crippen LogP contribution is 2.18. The van der Waals surface area contributed by atoms with Crippen LogP contribution in [0.25, 0.3) is 0 Å². The zero-order valence-electron chi connectivity index (χ0n) is 18.0. The number of oxime groups is 1. The Hall–Kier alpha value is -3.00. The molecule has 0 fully saturated rings. The average molecular weight is 453 g/mol. The van der Waals surface area contributed by atoms with Gasteiger partial charge in [-0.2, -0.15) is 8.42 Å². The molecule has 4 rings (SSSR count). The molecule has 2 atom stereocenters. The minimum absolute atomic E-state index is 0.0103. The van der Waals surface area contributed by atoms with E-state index < -0.39 is 10.1 Å². The van der Waals surface area contributed by atoms with Crippen molar-refractivity contribution in [3.8, 4) is 0 Å². The van der Waals surface area contributed by atoms with Crippen LogP contribution >= 0.6 is 0 Å². The van der Waals surface area contributed by atoms with E-state index in [1.54, 1.807) is 12.1 Å². The first-order valence-electron chi connectivity index (χ1n) is 10.4. The van der Waals surface area contributed by atoms with E-state index >= 15 is 0 Å². The van der Waals surface area contributed by atoms with Crippen LogP contribution in [0.3, 0.4) is 0 Å². The number of rotatable bonds is 6. The molecule has 0 saturated carbocycles. The molecule has 0 amide bonds. The van der Waals surface area contributed by atoms with Crippen LogP contribution in [0.15, 0.2) is 95.0 Å². The summed E-state index contributed by atoms with van der Waals surface area (Å²) in [6, 6.07) is 26.6. The Bertz CT molecular complexity index is 1120. The molecule has 3 N–H and O–H groups in total. The maximum Gasteiger partial charge on any atom is 0.294 e. The lowest BCUT2D eigenvalue weighted by Crippen LogP contribution is -2.36. The molecule has 32 heavy (non-hydrogen) atoms. The number of benzene rings is 3. The maximum atomic E-state index is 10.5. The van der Waals surface area contributed by atoms with E-state index in [1.807, 2.05) is 43.3 Å². The molecule has 3 aromatic carbocycles. The van der Waals surface area contributed by atoms with Gasteiger partial charge in [0.2, 0.25) is 0 Å². The van der Waals surface area contributed by atoms with Crippen LogP contribution in [0.5, 0.6) is 0 Å². The molecule has 0 radical (unpaired) electrons. The minimum Gasteiger partial charge on any atom is -0.390 e. The summed E-state index contributed by atoms with van der Waals surface area (Å²) in [7, 11) is -4.02. The Morgan fingerprint density at radius 2 is 1.53 bits per heavy atom. The van der Waals surface area contributed by atoms with Gasteiger partial charge in [0.1, 0.15) is 6.10 Å². The van der Waals surface area contributed by atoms with Gasteiger partial charge < -0.3 is 10.6 Å². The molecule has 168 valence electrons. The van der Waals surface area contributed by atoms with Gasteiger partial charge in [-0.25, -0.2) is 0 Å². The van der Waals surface area contributed by atoms with E-state index in [9.17, 15) is 8.42 Å². The first-order chi connectivity index (χ1) is 15.3. The Kier molecular flexibility index (Phi) is 8.16. The fourth-order valence-corrected chi connectivity index (χ4v) is 3.82. The number of hydrogen-bond acceptors (Lipinski definition) is 5. The standard InChI is InChI=1S/C18H20N2O.C7H8O3S/c19-17(12-15-9-5-2-6-10-15)18-13-16(20-21-18)11-14-7-3-1-4-8-14;1-6-2-4-7(5-3-6)11(8,9)10/h1-10,17-18H,11-13,19H2;2-5H,1H3,(H,8,9,10)/t17-,18+;/m0./s1. The molecule has 0 aromatic heterocycles. The van der Waals surface area contributed by atoms with Crippen molar-refractivity contribution < 1.29 is 17.8 Å². The van der Waals surface area contributed by atoms with Gasteiger partial charge in [0.15, 0.2) is 0 Å². The fraction of sp³-hybridized carbons (Fsp3) is 0.240. The Balaban J connectivity index is 0.000000222. The normalized spacial score (nSPS) is 16.3. The molecule has 7 heteroatoms. The number of aryl methyl sites for hydroxylation is 1. The molecule has 0 saturated heterocycles. The largest absolute Gasteiger partial charge is 0.390 e. The van der Waals surface area contributed by atoms with E-state index in [1.165, 1.54) is 23.3 Å². The van der Waals surface area contributed by atoms with Gasteiger partial charge in [0, 0.05) is 18.9 Å². The third-order valence-corrected chi connectivity index (χ3v) is 5.98. The van der Waals surface area contributed by atoms with Crippen molar-refractivity contribution in [1.29, 1.82) is 0 Å². The van der Waals surface area contributed by atoms with Gasteiger partial charge in [-0.15, -0.1) is 0 Å². The Morgan fingerprint density at radius 1 is 0.969 bits per heavy atom. The number of nitrogens with two attached hydrogens (primary N) is 1. The van der Waals surface area contributed by atoms with Gasteiger partial charge >= 0.3 is 0 Å². The molecular formula is C25H28N2O4S. The molecule has 1 aliphatic rings. The molecule has 1 heterocycles. The van der Waals surface area contributed by atoms with E-state index in [2.05, 4.69) is 29.4 Å². The predicted molar refractivity (Wildman–Crippen MR) is 126 cm³/mol. The van der Waals surface area contributed by atoms with E-state index in [0.717, 1.165) is 30.5 Å². The molecule has 6 nitrogen and oxygen atoms in total. The van der Waals surface area contributed by atoms with Crippen LogP contribution in [0.4, 0.5) is 0 Å². The van der Waals surface area contributed by atoms with E-state index in [0.29, 0.717) is 0 Å². The highest BCUT2D eigenvalue weighted by Gasteiger charge is 2.27. The zero-order valence-corrected chi connectivity index (χ0v) is 18.8. The van der Waals surface area contributed by atoms with Crippen molar-refractivity contribution >= 4 is 15.8 Å². The molecule has 0 aliphatic carbocycles. The summed E-state index contributed by atoms with van der Waals surface area (Å²) in [4.78, 5) is 5.47. The second-order valence-corrected chi connectivity index (χ2v) is 9.23. The third kappa shape index (κ3) is 7.30. The van der Waals surface area contributed by atoms with Crippen molar-refractivity contribution in [2.24, 2.45) is 10.9 Å². The van der Waals surface area contributed by atoms with Gasteiger partial charge in [0.05, 0.1) is 10.6 Å². The van der Waals surface area contributed by atoms with E-state index in [-0.39, 0.29) is 17.0 Å². The van der Waals surface area contributed by atoms with Gasteiger partial charge in [0.25, 0.3) is 10.1 Å². The highest BCUT2D eigenvalue weighted by atomic mass is 32.2. The quantitative estimate of drug-likeness (QED) is 0.546. The SMILES string of the molecule is Cc1ccc(S(=O)(=O)O)cc1.N[C@@H](Cc1ccccc1)[C@H]1CC(Cc2ccccc2)=NO1. The first-order valence-corrected chi connectivity index (χ1v) is 11.8. The summed E-state index contributed by atoms with van der Waals surface area (Å²) in [5.74, 6) is 0. The lowest BCUT2D eigenvalue weighted by atomic mass is 9.97. The first kappa shape index (κ1) is 23.7. The van der Waals surface area contributed by atoms with Gasteiger partial charge in [-0.05, 0) is 36.6 Å². The molecule has 0 spiro atoms. The van der Waals surface area contributed by atoms with Gasteiger partial charge in [-0.3, -0.25) is 4.55 Å². The molecule has 3 aromatic rings. The Labute approximate surface area is 189 Å². The summed E-state index contributed by atoms with van der Waals surface area (Å²) in [6.07, 6.45) is 2.47. The maximum absolute atomic E-state index is 10.5. The second kappa shape index (κ2) is 11.0. The van der Waals surface area contributed by atoms with Crippen LogP contribution in [-0.4, -0.2) is 30.8 Å². The van der Waals surface area contributed by atoms with Crippen LogP contribution in [0, 0.1) is 6.92 Å². The summed E-state index contributed by atoms with van der Waals surface area (Å²) in [6.45, 7) is 1.84. The monoisotopic (exact) mass is 452 g/mol. The predicted octanol–water partition coefficient (Wildman–Crippen LogP) is 4.19. The average Bonchev–Trinajstić information content (AvgIpc) is 3.24. The topological polar surface area (TPSA) is 102 Å². The van der Waals surface area contributed by atoms with Crippen LogP contribution < -0.4 is 5.73 Å². The fourth-order valence-electron chi connectivity index (χ4n) is 3.34. The minimum atomic E-state index is -4.02. The molecule has 1 aliphatic heterocycles. The van der Waals surface area contributed by atoms with Crippen LogP contribution in [-0.2, 0) is 27.8 Å². The second-order valence-electron chi connectivity index (χ2n) is 7.81. The smallest absolute Gasteiger partial charge is 0.294 e. The van der Waals surface area contributed by atoms with Gasteiger partial charge in [-0.1, -0.05) is 83.5 Å². The molecule has 0 unspecified atom stereocenters. The third-order valence-electron chi connectivity index (χ3n) is 5.12. The van der Waals surface area contributed by atoms with Crippen molar-refractivity contribution in [3.63, 3.8) is 0 Å². The zero-order chi connectivity index (χ0) is 23.0. The summed E-state index contributed by atoms with van der Waals surface area (Å²) in [5.41, 5.74) is 10.8. The highest BCUT2D eigenvalue weighted by molar-refractivity contribution is 7.85. The number of nitrogens with zero attached hydrogens (tertiary/aromatic N) is 1.